The van der Waals surface area contributed by atoms with Crippen molar-refractivity contribution < 1.29 is 13.3 Å². The molecule has 3 rings (SSSR count). The molecule has 0 spiro atoms. The average molecular weight is 321 g/mol. The second kappa shape index (κ2) is 5.22. The molecule has 1 aromatic carbocycles. The lowest BCUT2D eigenvalue weighted by Gasteiger charge is -2.33. The van der Waals surface area contributed by atoms with Crippen LogP contribution in [0.2, 0.25) is 0 Å². The summed E-state index contributed by atoms with van der Waals surface area (Å²) in [6, 6.07) is 8.63. The van der Waals surface area contributed by atoms with E-state index in [9.17, 15) is 18.5 Å². The first-order valence-corrected chi connectivity index (χ1v) is 8.26. The van der Waals surface area contributed by atoms with E-state index in [2.05, 4.69) is 0 Å². The molecule has 22 heavy (non-hydrogen) atoms. The molecule has 116 valence electrons. The molecule has 8 heteroatoms. The van der Waals surface area contributed by atoms with Gasteiger partial charge in [-0.3, -0.25) is 10.1 Å². The third-order valence-corrected chi connectivity index (χ3v) is 5.89. The van der Waals surface area contributed by atoms with Gasteiger partial charge >= 0.3 is 0 Å². The van der Waals surface area contributed by atoms with Gasteiger partial charge in [-0.25, -0.2) is 8.42 Å². The highest BCUT2D eigenvalue weighted by Crippen LogP contribution is 2.31. The van der Waals surface area contributed by atoms with Gasteiger partial charge < -0.3 is 4.57 Å². The maximum atomic E-state index is 12.8. The summed E-state index contributed by atoms with van der Waals surface area (Å²) < 4.78 is 29.0. The average Bonchev–Trinajstić information content (AvgIpc) is 2.97. The summed E-state index contributed by atoms with van der Waals surface area (Å²) in [4.78, 5) is 10.2. The molecular formula is C14H15N3O4S. The van der Waals surface area contributed by atoms with Crippen molar-refractivity contribution in [2.75, 3.05) is 6.54 Å². The van der Waals surface area contributed by atoms with Gasteiger partial charge in [0, 0.05) is 37.1 Å². The standard InChI is InChI=1S/C14H15N3O4S/c1-11-14-6-3-7-15(14)8-9-16(11)22(20,21)13-5-2-4-12(10-13)17(18)19/h2-7,10-11H,8-9H2,1H3. The Labute approximate surface area is 128 Å². The van der Waals surface area contributed by atoms with Crippen LogP contribution in [-0.4, -0.2) is 28.8 Å². The zero-order valence-electron chi connectivity index (χ0n) is 11.9. The first-order valence-electron chi connectivity index (χ1n) is 6.82. The van der Waals surface area contributed by atoms with Crippen LogP contribution in [-0.2, 0) is 16.6 Å². The second-order valence-corrected chi connectivity index (χ2v) is 7.06. The van der Waals surface area contributed by atoms with Crippen LogP contribution in [0, 0.1) is 10.1 Å². The number of nitro benzene ring substituents is 1. The smallest absolute Gasteiger partial charge is 0.270 e. The Bertz CT molecular complexity index is 828. The minimum absolute atomic E-state index is 0.0476. The van der Waals surface area contributed by atoms with Crippen molar-refractivity contribution >= 4 is 15.7 Å². The lowest BCUT2D eigenvalue weighted by atomic mass is 10.2. The topological polar surface area (TPSA) is 85.5 Å². The van der Waals surface area contributed by atoms with Gasteiger partial charge in [-0.05, 0) is 25.1 Å². The number of sulfonamides is 1. The fourth-order valence-electron chi connectivity index (χ4n) is 2.78. The van der Waals surface area contributed by atoms with E-state index in [-0.39, 0.29) is 16.6 Å². The zero-order chi connectivity index (χ0) is 15.9. The number of hydrogen-bond acceptors (Lipinski definition) is 4. The molecule has 0 saturated carbocycles. The highest BCUT2D eigenvalue weighted by Gasteiger charge is 2.34. The molecule has 1 aliphatic rings. The molecule has 2 aromatic rings. The number of benzene rings is 1. The van der Waals surface area contributed by atoms with Crippen LogP contribution in [0.3, 0.4) is 0 Å². The Hall–Kier alpha value is -2.19. The highest BCUT2D eigenvalue weighted by molar-refractivity contribution is 7.89. The number of aromatic nitrogens is 1. The number of rotatable bonds is 3. The first-order chi connectivity index (χ1) is 10.4. The fraction of sp³-hybridized carbons (Fsp3) is 0.286. The van der Waals surface area contributed by atoms with Crippen molar-refractivity contribution in [1.82, 2.24) is 8.87 Å². The normalized spacial score (nSPS) is 18.9. The molecule has 1 unspecified atom stereocenters. The van der Waals surface area contributed by atoms with Crippen LogP contribution in [0.1, 0.15) is 18.7 Å². The quantitative estimate of drug-likeness (QED) is 0.640. The molecule has 0 saturated heterocycles. The lowest BCUT2D eigenvalue weighted by molar-refractivity contribution is -0.385. The molecule has 1 aliphatic heterocycles. The number of nitro groups is 1. The number of fused-ring (bicyclic) bond motifs is 1. The van der Waals surface area contributed by atoms with E-state index in [1.165, 1.54) is 22.5 Å². The van der Waals surface area contributed by atoms with Crippen LogP contribution < -0.4 is 0 Å². The fourth-order valence-corrected chi connectivity index (χ4v) is 4.42. The number of hydrogen-bond donors (Lipinski definition) is 0. The molecule has 7 nitrogen and oxygen atoms in total. The van der Waals surface area contributed by atoms with E-state index in [1.807, 2.05) is 29.8 Å². The number of non-ortho nitro benzene ring substituents is 1. The van der Waals surface area contributed by atoms with Crippen molar-refractivity contribution in [3.8, 4) is 0 Å². The van der Waals surface area contributed by atoms with Crippen LogP contribution in [0.5, 0.6) is 0 Å². The van der Waals surface area contributed by atoms with Gasteiger partial charge in [0.25, 0.3) is 5.69 Å². The first kappa shape index (κ1) is 14.7. The van der Waals surface area contributed by atoms with Gasteiger partial charge in [0.05, 0.1) is 15.9 Å². The van der Waals surface area contributed by atoms with Crippen LogP contribution >= 0.6 is 0 Å². The third kappa shape index (κ3) is 2.30. The molecule has 1 atom stereocenters. The van der Waals surface area contributed by atoms with E-state index in [1.54, 1.807) is 0 Å². The van der Waals surface area contributed by atoms with Crippen molar-refractivity contribution in [3.63, 3.8) is 0 Å². The molecule has 0 aliphatic carbocycles. The van der Waals surface area contributed by atoms with Gasteiger partial charge in [-0.2, -0.15) is 4.31 Å². The Morgan fingerprint density at radius 1 is 1.23 bits per heavy atom. The highest BCUT2D eigenvalue weighted by atomic mass is 32.2. The Kier molecular flexibility index (Phi) is 3.50. The van der Waals surface area contributed by atoms with E-state index in [4.69, 9.17) is 0 Å². The SMILES string of the molecule is CC1c2cccn2CCN1S(=O)(=O)c1cccc([N+](=O)[O-])c1. The van der Waals surface area contributed by atoms with Crippen LogP contribution in [0.15, 0.2) is 47.5 Å². The van der Waals surface area contributed by atoms with Gasteiger partial charge in [0.1, 0.15) is 0 Å². The maximum Gasteiger partial charge on any atom is 0.270 e. The summed E-state index contributed by atoms with van der Waals surface area (Å²) in [5, 5.41) is 10.8. The van der Waals surface area contributed by atoms with E-state index >= 15 is 0 Å². The molecule has 0 fully saturated rings. The second-order valence-electron chi connectivity index (χ2n) is 5.17. The minimum atomic E-state index is -3.77. The monoisotopic (exact) mass is 321 g/mol. The Morgan fingerprint density at radius 2 is 2.00 bits per heavy atom. The van der Waals surface area contributed by atoms with E-state index in [0.29, 0.717) is 13.1 Å². The molecule has 0 N–H and O–H groups in total. The lowest BCUT2D eigenvalue weighted by Crippen LogP contribution is -2.40. The molecule has 2 heterocycles. The van der Waals surface area contributed by atoms with Gasteiger partial charge in [0.2, 0.25) is 10.0 Å². The summed E-state index contributed by atoms with van der Waals surface area (Å²) in [6.07, 6.45) is 1.92. The summed E-state index contributed by atoms with van der Waals surface area (Å²) in [6.45, 7) is 2.73. The molecule has 0 amide bonds. The number of nitrogens with zero attached hydrogens (tertiary/aromatic N) is 3. The summed E-state index contributed by atoms with van der Waals surface area (Å²) in [7, 11) is -3.77. The Balaban J connectivity index is 2.01. The van der Waals surface area contributed by atoms with Gasteiger partial charge in [-0.1, -0.05) is 6.07 Å². The van der Waals surface area contributed by atoms with Crippen LogP contribution in [0.4, 0.5) is 5.69 Å². The van der Waals surface area contributed by atoms with E-state index < -0.39 is 14.9 Å². The predicted octanol–water partition coefficient (Wildman–Crippen LogP) is 2.16. The third-order valence-electron chi connectivity index (χ3n) is 3.92. The summed E-state index contributed by atoms with van der Waals surface area (Å²) >= 11 is 0. The minimum Gasteiger partial charge on any atom is -0.349 e. The van der Waals surface area contributed by atoms with Gasteiger partial charge in [0.15, 0.2) is 0 Å². The molecule has 1 aromatic heterocycles. The predicted molar refractivity (Wildman–Crippen MR) is 79.8 cm³/mol. The molecular weight excluding hydrogens is 306 g/mol. The van der Waals surface area contributed by atoms with Crippen molar-refractivity contribution in [3.05, 3.63) is 58.4 Å². The van der Waals surface area contributed by atoms with E-state index in [0.717, 1.165) is 11.8 Å². The van der Waals surface area contributed by atoms with Crippen molar-refractivity contribution in [1.29, 1.82) is 0 Å². The van der Waals surface area contributed by atoms with Crippen molar-refractivity contribution in [2.24, 2.45) is 0 Å². The largest absolute Gasteiger partial charge is 0.349 e. The zero-order valence-corrected chi connectivity index (χ0v) is 12.7. The van der Waals surface area contributed by atoms with Crippen molar-refractivity contribution in [2.45, 2.75) is 24.4 Å². The maximum absolute atomic E-state index is 12.8. The van der Waals surface area contributed by atoms with Crippen LogP contribution in [0.25, 0.3) is 0 Å². The Morgan fingerprint density at radius 3 is 2.73 bits per heavy atom. The summed E-state index contributed by atoms with van der Waals surface area (Å²) in [5.74, 6) is 0. The molecule has 0 bridgehead atoms. The summed E-state index contributed by atoms with van der Waals surface area (Å²) in [5.41, 5.74) is 0.689. The van der Waals surface area contributed by atoms with Gasteiger partial charge in [-0.15, -0.1) is 0 Å². The molecule has 0 radical (unpaired) electrons.